The number of amides is 1. The van der Waals surface area contributed by atoms with Crippen LogP contribution >= 0.6 is 0 Å². The maximum absolute atomic E-state index is 13.1. The van der Waals surface area contributed by atoms with Crippen molar-refractivity contribution in [3.8, 4) is 0 Å². The second kappa shape index (κ2) is 5.85. The molecule has 0 saturated carbocycles. The van der Waals surface area contributed by atoms with E-state index in [0.717, 1.165) is 12.1 Å². The predicted molar refractivity (Wildman–Crippen MR) is 68.4 cm³/mol. The van der Waals surface area contributed by atoms with Crippen molar-refractivity contribution in [2.75, 3.05) is 13.1 Å². The molecule has 2 rings (SSSR count). The van der Waals surface area contributed by atoms with E-state index >= 15 is 0 Å². The van der Waals surface area contributed by atoms with E-state index in [9.17, 15) is 13.6 Å². The Labute approximate surface area is 114 Å². The van der Waals surface area contributed by atoms with Gasteiger partial charge in [0.25, 0.3) is 5.91 Å². The Morgan fingerprint density at radius 2 is 2.00 bits per heavy atom. The molecule has 1 heterocycles. The lowest BCUT2D eigenvalue weighted by molar-refractivity contribution is 0.0700. The third kappa shape index (κ3) is 3.04. The molecule has 0 aliphatic carbocycles. The van der Waals surface area contributed by atoms with Gasteiger partial charge in [0.05, 0.1) is 0 Å². The summed E-state index contributed by atoms with van der Waals surface area (Å²) in [6.45, 7) is 0.749. The average Bonchev–Trinajstić information content (AvgIpc) is 2.44. The van der Waals surface area contributed by atoms with Gasteiger partial charge in [0.1, 0.15) is 17.5 Å². The Bertz CT molecular complexity index is 528. The number of nitrogens with zero attached hydrogens (tertiary/aromatic N) is 2. The quantitative estimate of drug-likeness (QED) is 0.374. The summed E-state index contributed by atoms with van der Waals surface area (Å²) in [5, 5.41) is 11.6. The molecular weight excluding hydrogens is 268 g/mol. The van der Waals surface area contributed by atoms with Crippen molar-refractivity contribution in [3.05, 3.63) is 35.4 Å². The Morgan fingerprint density at radius 3 is 2.60 bits per heavy atom. The number of amidine groups is 1. The van der Waals surface area contributed by atoms with Gasteiger partial charge in [-0.1, -0.05) is 5.16 Å². The molecule has 7 heteroatoms. The largest absolute Gasteiger partial charge is 0.409 e. The number of rotatable bonds is 2. The van der Waals surface area contributed by atoms with Crippen LogP contribution in [-0.2, 0) is 0 Å². The van der Waals surface area contributed by atoms with Crippen molar-refractivity contribution in [1.82, 2.24) is 4.90 Å². The van der Waals surface area contributed by atoms with Crippen LogP contribution in [0.5, 0.6) is 0 Å². The number of halogens is 2. The molecule has 0 aromatic heterocycles. The molecule has 5 nitrogen and oxygen atoms in total. The summed E-state index contributed by atoms with van der Waals surface area (Å²) in [6.07, 6.45) is 1.39. The molecule has 108 valence electrons. The molecule has 1 fully saturated rings. The van der Waals surface area contributed by atoms with E-state index in [0.29, 0.717) is 25.5 Å². The molecular formula is C13H15F2N3O2. The van der Waals surface area contributed by atoms with Gasteiger partial charge in [-0.2, -0.15) is 0 Å². The number of nitrogens with two attached hydrogens (primary N) is 1. The monoisotopic (exact) mass is 283 g/mol. The predicted octanol–water partition coefficient (Wildman–Crippen LogP) is 1.56. The van der Waals surface area contributed by atoms with Gasteiger partial charge in [0, 0.05) is 30.6 Å². The zero-order valence-corrected chi connectivity index (χ0v) is 10.7. The third-order valence-electron chi connectivity index (χ3n) is 3.35. The number of carbonyl (C=O) groups excluding carboxylic acids is 1. The van der Waals surface area contributed by atoms with E-state index in [-0.39, 0.29) is 23.9 Å². The molecule has 1 atom stereocenters. The number of benzene rings is 1. The van der Waals surface area contributed by atoms with Gasteiger partial charge in [-0.15, -0.1) is 0 Å². The van der Waals surface area contributed by atoms with Crippen molar-refractivity contribution in [3.63, 3.8) is 0 Å². The molecule has 1 amide bonds. The van der Waals surface area contributed by atoms with E-state index in [1.807, 2.05) is 0 Å². The highest BCUT2D eigenvalue weighted by Crippen LogP contribution is 2.19. The molecule has 1 unspecified atom stereocenters. The van der Waals surface area contributed by atoms with Crippen LogP contribution < -0.4 is 5.73 Å². The average molecular weight is 283 g/mol. The van der Waals surface area contributed by atoms with Crippen LogP contribution in [0.2, 0.25) is 0 Å². The highest BCUT2D eigenvalue weighted by Gasteiger charge is 2.27. The Hall–Kier alpha value is -2.18. The molecule has 20 heavy (non-hydrogen) atoms. The van der Waals surface area contributed by atoms with Crippen molar-refractivity contribution in [2.24, 2.45) is 16.8 Å². The number of oxime groups is 1. The van der Waals surface area contributed by atoms with Gasteiger partial charge in [0.2, 0.25) is 0 Å². The molecule has 1 aliphatic heterocycles. The van der Waals surface area contributed by atoms with Crippen LogP contribution in [0.3, 0.4) is 0 Å². The molecule has 0 radical (unpaired) electrons. The van der Waals surface area contributed by atoms with Crippen molar-refractivity contribution >= 4 is 11.7 Å². The second-order valence-electron chi connectivity index (χ2n) is 4.77. The van der Waals surface area contributed by atoms with E-state index in [2.05, 4.69) is 5.16 Å². The van der Waals surface area contributed by atoms with E-state index in [1.54, 1.807) is 0 Å². The maximum Gasteiger partial charge on any atom is 0.254 e. The molecule has 1 aliphatic rings. The van der Waals surface area contributed by atoms with Gasteiger partial charge >= 0.3 is 0 Å². The Kier molecular flexibility index (Phi) is 4.16. The number of hydrogen-bond donors (Lipinski definition) is 2. The van der Waals surface area contributed by atoms with Crippen molar-refractivity contribution < 1.29 is 18.8 Å². The molecule has 1 aromatic rings. The SMILES string of the molecule is NC(=NO)C1CCCN(C(=O)c2cc(F)cc(F)c2)C1. The number of piperidine rings is 1. The van der Waals surface area contributed by atoms with Crippen LogP contribution in [0.4, 0.5) is 8.78 Å². The fourth-order valence-electron chi connectivity index (χ4n) is 2.34. The maximum atomic E-state index is 13.1. The van der Waals surface area contributed by atoms with Gasteiger partial charge in [0.15, 0.2) is 0 Å². The van der Waals surface area contributed by atoms with Crippen LogP contribution in [0.1, 0.15) is 23.2 Å². The lowest BCUT2D eigenvalue weighted by atomic mass is 9.96. The van der Waals surface area contributed by atoms with Crippen LogP contribution in [0.15, 0.2) is 23.4 Å². The standard InChI is InChI=1S/C13H15F2N3O2/c14-10-4-9(5-11(15)6-10)13(19)18-3-1-2-8(7-18)12(16)17-20/h4-6,8,20H,1-3,7H2,(H2,16,17). The Balaban J connectivity index is 2.16. The summed E-state index contributed by atoms with van der Waals surface area (Å²) in [6, 6.07) is 2.71. The van der Waals surface area contributed by atoms with E-state index in [4.69, 9.17) is 10.9 Å². The second-order valence-corrected chi connectivity index (χ2v) is 4.77. The lowest BCUT2D eigenvalue weighted by Gasteiger charge is -2.32. The summed E-state index contributed by atoms with van der Waals surface area (Å²) in [4.78, 5) is 13.7. The minimum atomic E-state index is -0.793. The van der Waals surface area contributed by atoms with E-state index < -0.39 is 17.5 Å². The summed E-state index contributed by atoms with van der Waals surface area (Å²) in [7, 11) is 0. The molecule has 3 N–H and O–H groups in total. The fourth-order valence-corrected chi connectivity index (χ4v) is 2.34. The molecule has 1 aromatic carbocycles. The first-order chi connectivity index (χ1) is 9.51. The van der Waals surface area contributed by atoms with Crippen LogP contribution in [-0.4, -0.2) is 34.9 Å². The highest BCUT2D eigenvalue weighted by molar-refractivity contribution is 5.95. The number of likely N-dealkylation sites (tertiary alicyclic amines) is 1. The Morgan fingerprint density at radius 1 is 1.35 bits per heavy atom. The summed E-state index contributed by atoms with van der Waals surface area (Å²) < 4.78 is 26.3. The zero-order chi connectivity index (χ0) is 14.7. The van der Waals surface area contributed by atoms with Crippen LogP contribution in [0.25, 0.3) is 0 Å². The molecule has 0 spiro atoms. The smallest absolute Gasteiger partial charge is 0.254 e. The summed E-state index contributed by atoms with van der Waals surface area (Å²) in [5.74, 6) is -2.22. The normalized spacial score (nSPS) is 20.0. The lowest BCUT2D eigenvalue weighted by Crippen LogP contribution is -2.44. The van der Waals surface area contributed by atoms with Crippen molar-refractivity contribution in [2.45, 2.75) is 12.8 Å². The van der Waals surface area contributed by atoms with Crippen LogP contribution in [0, 0.1) is 17.6 Å². The topological polar surface area (TPSA) is 78.9 Å². The van der Waals surface area contributed by atoms with Gasteiger partial charge < -0.3 is 15.8 Å². The first kappa shape index (κ1) is 14.2. The highest BCUT2D eigenvalue weighted by atomic mass is 19.1. The fraction of sp³-hybridized carbons (Fsp3) is 0.385. The minimum absolute atomic E-state index is 0.0392. The first-order valence-electron chi connectivity index (χ1n) is 6.24. The zero-order valence-electron chi connectivity index (χ0n) is 10.7. The molecule has 0 bridgehead atoms. The summed E-state index contributed by atoms with van der Waals surface area (Å²) >= 11 is 0. The van der Waals surface area contributed by atoms with Crippen molar-refractivity contribution in [1.29, 1.82) is 0 Å². The summed E-state index contributed by atoms with van der Waals surface area (Å²) in [5.41, 5.74) is 5.50. The van der Waals surface area contributed by atoms with Gasteiger partial charge in [-0.05, 0) is 25.0 Å². The minimum Gasteiger partial charge on any atom is -0.409 e. The number of carbonyl (C=O) groups is 1. The van der Waals surface area contributed by atoms with Gasteiger partial charge in [-0.3, -0.25) is 4.79 Å². The first-order valence-corrected chi connectivity index (χ1v) is 6.24. The van der Waals surface area contributed by atoms with Gasteiger partial charge in [-0.25, -0.2) is 8.78 Å². The van der Waals surface area contributed by atoms with E-state index in [1.165, 1.54) is 4.90 Å². The number of hydrogen-bond acceptors (Lipinski definition) is 3. The third-order valence-corrected chi connectivity index (χ3v) is 3.35. The molecule has 1 saturated heterocycles.